The van der Waals surface area contributed by atoms with E-state index in [0.29, 0.717) is 17.7 Å². The second-order valence-corrected chi connectivity index (χ2v) is 7.77. The van der Waals surface area contributed by atoms with Crippen LogP contribution in [-0.2, 0) is 13.8 Å². The molecule has 0 bridgehead atoms. The second-order valence-electron chi connectivity index (χ2n) is 4.80. The first-order chi connectivity index (χ1) is 9.15. The van der Waals surface area contributed by atoms with E-state index in [-0.39, 0.29) is 21.7 Å². The summed E-state index contributed by atoms with van der Waals surface area (Å²) < 4.78 is 22.5. The zero-order valence-electron chi connectivity index (χ0n) is 11.5. The lowest BCUT2D eigenvalue weighted by molar-refractivity contribution is -0.117. The molecule has 1 amide bonds. The quantitative estimate of drug-likeness (QED) is 0.827. The number of amides is 1. The van der Waals surface area contributed by atoms with Gasteiger partial charge >= 0.3 is 0 Å². The highest BCUT2D eigenvalue weighted by molar-refractivity contribution is 8.13. The van der Waals surface area contributed by atoms with Crippen LogP contribution in [0.2, 0.25) is 5.02 Å². The maximum atomic E-state index is 11.9. The topological polar surface area (TPSA) is 63.2 Å². The minimum Gasteiger partial charge on any atom is -0.325 e. The van der Waals surface area contributed by atoms with Gasteiger partial charge in [0, 0.05) is 17.1 Å². The largest absolute Gasteiger partial charge is 0.325 e. The van der Waals surface area contributed by atoms with Gasteiger partial charge in [0.25, 0.3) is 9.05 Å². The first kappa shape index (κ1) is 17.3. The van der Waals surface area contributed by atoms with Gasteiger partial charge in [-0.3, -0.25) is 4.79 Å². The number of benzene rings is 1. The fourth-order valence-corrected chi connectivity index (χ4v) is 2.88. The molecular formula is C13H17Cl2NO3S. The molecule has 0 radical (unpaired) electrons. The lowest BCUT2D eigenvalue weighted by Gasteiger charge is -2.13. The smallest absolute Gasteiger partial charge is 0.261 e. The van der Waals surface area contributed by atoms with E-state index < -0.39 is 9.05 Å². The summed E-state index contributed by atoms with van der Waals surface area (Å²) in [6.07, 6.45) is 1.30. The molecule has 1 aromatic rings. The van der Waals surface area contributed by atoms with Crippen LogP contribution in [0.3, 0.4) is 0 Å². The monoisotopic (exact) mass is 337 g/mol. The van der Waals surface area contributed by atoms with Gasteiger partial charge < -0.3 is 5.32 Å². The summed E-state index contributed by atoms with van der Waals surface area (Å²) in [5.74, 6) is 0.127. The molecule has 4 nitrogen and oxygen atoms in total. The van der Waals surface area contributed by atoms with Gasteiger partial charge in [0.05, 0.1) is 15.6 Å². The van der Waals surface area contributed by atoms with Crippen molar-refractivity contribution in [2.45, 2.75) is 38.5 Å². The molecule has 0 aromatic heterocycles. The summed E-state index contributed by atoms with van der Waals surface area (Å²) in [6, 6.07) is 2.61. The van der Waals surface area contributed by atoms with Gasteiger partial charge in [0.2, 0.25) is 5.91 Å². The third-order valence-corrected chi connectivity index (χ3v) is 4.67. The maximum Gasteiger partial charge on any atom is 0.261 e. The van der Waals surface area contributed by atoms with Crippen LogP contribution < -0.4 is 5.32 Å². The van der Waals surface area contributed by atoms with Crippen molar-refractivity contribution in [2.24, 2.45) is 5.92 Å². The summed E-state index contributed by atoms with van der Waals surface area (Å²) in [7, 11) is 1.43. The molecule has 7 heteroatoms. The van der Waals surface area contributed by atoms with Crippen molar-refractivity contribution in [3.05, 3.63) is 22.7 Å². The molecule has 0 saturated heterocycles. The van der Waals surface area contributed by atoms with Gasteiger partial charge in [-0.25, -0.2) is 8.42 Å². The molecule has 0 aliphatic heterocycles. The van der Waals surface area contributed by atoms with Crippen LogP contribution in [-0.4, -0.2) is 14.3 Å². The molecule has 0 saturated carbocycles. The predicted octanol–water partition coefficient (Wildman–Crippen LogP) is 3.95. The number of aryl methyl sites for hydroxylation is 1. The van der Waals surface area contributed by atoms with E-state index >= 15 is 0 Å². The van der Waals surface area contributed by atoms with E-state index in [4.69, 9.17) is 22.3 Å². The van der Waals surface area contributed by atoms with E-state index in [1.165, 1.54) is 12.1 Å². The molecule has 1 unspecified atom stereocenters. The second kappa shape index (κ2) is 6.78. The van der Waals surface area contributed by atoms with Crippen molar-refractivity contribution in [3.8, 4) is 0 Å². The number of rotatable bonds is 5. The lowest BCUT2D eigenvalue weighted by atomic mass is 10.0. The van der Waals surface area contributed by atoms with E-state index in [0.717, 1.165) is 6.42 Å². The summed E-state index contributed by atoms with van der Waals surface area (Å²) in [5, 5.41) is 2.87. The lowest BCUT2D eigenvalue weighted by Crippen LogP contribution is -2.16. The van der Waals surface area contributed by atoms with Gasteiger partial charge in [0.15, 0.2) is 0 Å². The number of hydrogen-bond acceptors (Lipinski definition) is 3. The zero-order chi connectivity index (χ0) is 15.5. The van der Waals surface area contributed by atoms with Crippen LogP contribution >= 0.6 is 22.3 Å². The third kappa shape index (κ3) is 4.65. The van der Waals surface area contributed by atoms with Gasteiger partial charge in [-0.2, -0.15) is 0 Å². The standard InChI is InChI=1S/C13H17Cl2NO3S/c1-4-8(2)5-12(17)16-13-9(3)6-10(7-11(13)14)20(15,18)19/h6-8H,4-5H2,1-3H3,(H,16,17). The summed E-state index contributed by atoms with van der Waals surface area (Å²) in [5.41, 5.74) is 0.971. The van der Waals surface area contributed by atoms with Gasteiger partial charge in [0.1, 0.15) is 0 Å². The van der Waals surface area contributed by atoms with Crippen molar-refractivity contribution >= 4 is 42.9 Å². The van der Waals surface area contributed by atoms with Crippen LogP contribution in [0.25, 0.3) is 0 Å². The molecule has 1 aromatic carbocycles. The molecule has 1 rings (SSSR count). The van der Waals surface area contributed by atoms with Crippen molar-refractivity contribution in [2.75, 3.05) is 5.32 Å². The van der Waals surface area contributed by atoms with Crippen LogP contribution in [0.1, 0.15) is 32.3 Å². The fourth-order valence-electron chi connectivity index (χ4n) is 1.66. The molecule has 1 N–H and O–H groups in total. The Balaban J connectivity index is 3.01. The summed E-state index contributed by atoms with van der Waals surface area (Å²) >= 11 is 6.02. The molecule has 0 heterocycles. The molecule has 20 heavy (non-hydrogen) atoms. The maximum absolute atomic E-state index is 11.9. The summed E-state index contributed by atoms with van der Waals surface area (Å²) in [6.45, 7) is 5.66. The van der Waals surface area contributed by atoms with Gasteiger partial charge in [-0.15, -0.1) is 0 Å². The predicted molar refractivity (Wildman–Crippen MR) is 81.9 cm³/mol. The minimum atomic E-state index is -3.84. The third-order valence-electron chi connectivity index (χ3n) is 3.04. The first-order valence-electron chi connectivity index (χ1n) is 6.19. The fraction of sp³-hybridized carbons (Fsp3) is 0.462. The minimum absolute atomic E-state index is 0.0819. The molecule has 0 fully saturated rings. The van der Waals surface area contributed by atoms with Gasteiger partial charge in [-0.05, 0) is 30.5 Å². The Labute approximate surface area is 128 Å². The van der Waals surface area contributed by atoms with Crippen molar-refractivity contribution in [1.29, 1.82) is 0 Å². The van der Waals surface area contributed by atoms with Crippen LogP contribution in [0.15, 0.2) is 17.0 Å². The Hall–Kier alpha value is -0.780. The molecule has 0 spiro atoms. The van der Waals surface area contributed by atoms with E-state index in [1.54, 1.807) is 6.92 Å². The Bertz CT molecular complexity index is 591. The highest BCUT2D eigenvalue weighted by atomic mass is 35.7. The molecular weight excluding hydrogens is 321 g/mol. The Morgan fingerprint density at radius 3 is 2.45 bits per heavy atom. The van der Waals surface area contributed by atoms with E-state index in [1.807, 2.05) is 13.8 Å². The zero-order valence-corrected chi connectivity index (χ0v) is 13.9. The average Bonchev–Trinajstić information content (AvgIpc) is 2.32. The normalized spacial score (nSPS) is 13.1. The average molecular weight is 338 g/mol. The number of carbonyl (C=O) groups is 1. The number of anilines is 1. The SMILES string of the molecule is CCC(C)CC(=O)Nc1c(C)cc(S(=O)(=O)Cl)cc1Cl. The van der Waals surface area contributed by atoms with Gasteiger partial charge in [-0.1, -0.05) is 31.9 Å². The van der Waals surface area contributed by atoms with Crippen molar-refractivity contribution in [1.82, 2.24) is 0 Å². The number of carbonyl (C=O) groups excluding carboxylic acids is 1. The Morgan fingerprint density at radius 1 is 1.40 bits per heavy atom. The van der Waals surface area contributed by atoms with Crippen LogP contribution in [0.5, 0.6) is 0 Å². The number of hydrogen-bond donors (Lipinski definition) is 1. The van der Waals surface area contributed by atoms with Crippen LogP contribution in [0.4, 0.5) is 5.69 Å². The first-order valence-corrected chi connectivity index (χ1v) is 8.88. The Morgan fingerprint density at radius 2 is 2.00 bits per heavy atom. The van der Waals surface area contributed by atoms with Crippen molar-refractivity contribution < 1.29 is 13.2 Å². The summed E-state index contributed by atoms with van der Waals surface area (Å²) in [4.78, 5) is 11.8. The highest BCUT2D eigenvalue weighted by Crippen LogP contribution is 2.31. The number of nitrogens with one attached hydrogen (secondary N) is 1. The molecule has 0 aliphatic rings. The van der Waals surface area contributed by atoms with E-state index in [2.05, 4.69) is 5.32 Å². The highest BCUT2D eigenvalue weighted by Gasteiger charge is 2.17. The van der Waals surface area contributed by atoms with E-state index in [9.17, 15) is 13.2 Å². The molecule has 0 aliphatic carbocycles. The molecule has 1 atom stereocenters. The van der Waals surface area contributed by atoms with Crippen molar-refractivity contribution in [3.63, 3.8) is 0 Å². The number of halogens is 2. The van der Waals surface area contributed by atoms with Crippen LogP contribution in [0, 0.1) is 12.8 Å². The molecule has 112 valence electrons. The Kier molecular flexibility index (Phi) is 5.86.